The minimum atomic E-state index is -4.20. The average Bonchev–Trinajstić information content (AvgIpc) is 2.34. The summed E-state index contributed by atoms with van der Waals surface area (Å²) < 4.78 is 33.1. The molecule has 1 N–H and O–H groups in total. The normalized spacial score (nSPS) is 12.9. The molecule has 0 aliphatic heterocycles. The summed E-state index contributed by atoms with van der Waals surface area (Å²) in [5.74, 6) is 0. The van der Waals surface area contributed by atoms with Crippen LogP contribution in [-0.4, -0.2) is 29.9 Å². The summed E-state index contributed by atoms with van der Waals surface area (Å²) in [7, 11) is -4.20. The summed E-state index contributed by atoms with van der Waals surface area (Å²) in [6, 6.07) is 0. The van der Waals surface area contributed by atoms with E-state index in [2.05, 4.69) is 6.92 Å². The summed E-state index contributed by atoms with van der Waals surface area (Å²) in [5.41, 5.74) is 0. The largest absolute Gasteiger partial charge is 1.00 e. The van der Waals surface area contributed by atoms with Crippen molar-refractivity contribution < 1.29 is 47.6 Å². The van der Waals surface area contributed by atoms with Gasteiger partial charge in [-0.1, -0.05) is 58.3 Å². The molecule has 0 aliphatic rings. The van der Waals surface area contributed by atoms with Gasteiger partial charge in [0.2, 0.25) is 0 Å². The van der Waals surface area contributed by atoms with E-state index in [1.807, 2.05) is 0 Å². The van der Waals surface area contributed by atoms with Gasteiger partial charge in [0, 0.05) is 11.9 Å². The molecule has 0 saturated carbocycles. The molecule has 0 fully saturated rings. The molecule has 0 heterocycles. The van der Waals surface area contributed by atoms with E-state index in [9.17, 15) is 13.0 Å². The Morgan fingerprint density at radius 1 is 0.900 bits per heavy atom. The molecule has 116 valence electrons. The molecule has 0 aromatic heterocycles. The molecular formula is C14H29NaO4S. The second-order valence-electron chi connectivity index (χ2n) is 5.24. The van der Waals surface area contributed by atoms with Gasteiger partial charge in [0.1, 0.15) is 0 Å². The first-order valence-corrected chi connectivity index (χ1v) is 9.05. The van der Waals surface area contributed by atoms with Gasteiger partial charge in [0.25, 0.3) is 0 Å². The van der Waals surface area contributed by atoms with Gasteiger partial charge in [-0.05, 0) is 19.3 Å². The molecular weight excluding hydrogens is 287 g/mol. The monoisotopic (exact) mass is 316 g/mol. The summed E-state index contributed by atoms with van der Waals surface area (Å²) in [6.07, 6.45) is 10.3. The molecule has 0 amide bonds. The molecule has 0 aliphatic carbocycles. The average molecular weight is 316 g/mol. The van der Waals surface area contributed by atoms with Crippen molar-refractivity contribution in [3.63, 3.8) is 0 Å². The Morgan fingerprint density at radius 3 is 1.80 bits per heavy atom. The number of unbranched alkanes of at least 4 members (excludes halogenated alkanes) is 7. The molecule has 0 radical (unpaired) electrons. The predicted molar refractivity (Wildman–Crippen MR) is 77.0 cm³/mol. The molecule has 0 saturated heterocycles. The van der Waals surface area contributed by atoms with Crippen LogP contribution in [0.4, 0.5) is 0 Å². The van der Waals surface area contributed by atoms with Crippen LogP contribution in [0.2, 0.25) is 0 Å². The zero-order chi connectivity index (χ0) is 14.6. The van der Waals surface area contributed by atoms with Gasteiger partial charge >= 0.3 is 29.6 Å². The van der Waals surface area contributed by atoms with Gasteiger partial charge in [-0.15, -0.1) is 0 Å². The van der Waals surface area contributed by atoms with Crippen molar-refractivity contribution in [2.45, 2.75) is 82.8 Å². The Bertz CT molecular complexity index is 294. The first kappa shape index (κ1) is 23.1. The Kier molecular flexibility index (Phi) is 17.1. The molecule has 0 spiro atoms. The minimum Gasteiger partial charge on any atom is -0.748 e. The molecule has 6 heteroatoms. The number of hydrogen-bond acceptors (Lipinski definition) is 4. The van der Waals surface area contributed by atoms with E-state index in [4.69, 9.17) is 5.11 Å². The molecule has 0 aromatic rings. The van der Waals surface area contributed by atoms with Crippen LogP contribution in [0, 0.1) is 0 Å². The van der Waals surface area contributed by atoms with E-state index in [0.717, 1.165) is 19.3 Å². The zero-order valence-corrected chi connectivity index (χ0v) is 16.0. The SMILES string of the molecule is CCCCCCCCCCC(CCCO)S(=O)(=O)[O-].[Na+]. The topological polar surface area (TPSA) is 77.4 Å². The Balaban J connectivity index is 0. The fourth-order valence-electron chi connectivity index (χ4n) is 2.26. The van der Waals surface area contributed by atoms with Gasteiger partial charge in [0.15, 0.2) is 0 Å². The van der Waals surface area contributed by atoms with Crippen LogP contribution in [-0.2, 0) is 10.1 Å². The Morgan fingerprint density at radius 2 is 1.35 bits per heavy atom. The number of aliphatic hydroxyl groups is 1. The maximum Gasteiger partial charge on any atom is 1.00 e. The van der Waals surface area contributed by atoms with Crippen LogP contribution in [0.25, 0.3) is 0 Å². The van der Waals surface area contributed by atoms with E-state index in [0.29, 0.717) is 19.3 Å². The Hall–Kier alpha value is 0.870. The van der Waals surface area contributed by atoms with Crippen molar-refractivity contribution >= 4 is 10.1 Å². The van der Waals surface area contributed by atoms with Crippen molar-refractivity contribution in [3.8, 4) is 0 Å². The van der Waals surface area contributed by atoms with Crippen LogP contribution in [0.15, 0.2) is 0 Å². The van der Waals surface area contributed by atoms with E-state index in [1.54, 1.807) is 0 Å². The quantitative estimate of drug-likeness (QED) is 0.299. The fourth-order valence-corrected chi connectivity index (χ4v) is 3.17. The van der Waals surface area contributed by atoms with Gasteiger partial charge in [-0.3, -0.25) is 0 Å². The minimum absolute atomic E-state index is 0. The number of aliphatic hydroxyl groups excluding tert-OH is 1. The van der Waals surface area contributed by atoms with Crippen LogP contribution in [0.3, 0.4) is 0 Å². The maximum atomic E-state index is 11.0. The molecule has 4 nitrogen and oxygen atoms in total. The predicted octanol–water partition coefficient (Wildman–Crippen LogP) is 0.208. The molecule has 20 heavy (non-hydrogen) atoms. The van der Waals surface area contributed by atoms with Gasteiger partial charge in [-0.25, -0.2) is 8.42 Å². The second kappa shape index (κ2) is 14.8. The molecule has 0 rings (SSSR count). The third-order valence-electron chi connectivity index (χ3n) is 3.47. The summed E-state index contributed by atoms with van der Waals surface area (Å²) in [5, 5.41) is 7.89. The van der Waals surface area contributed by atoms with Crippen LogP contribution in [0.1, 0.15) is 77.6 Å². The van der Waals surface area contributed by atoms with Crippen LogP contribution >= 0.6 is 0 Å². The van der Waals surface area contributed by atoms with Crippen LogP contribution < -0.4 is 29.6 Å². The van der Waals surface area contributed by atoms with Crippen molar-refractivity contribution in [3.05, 3.63) is 0 Å². The van der Waals surface area contributed by atoms with E-state index in [1.165, 1.54) is 32.1 Å². The third-order valence-corrected chi connectivity index (χ3v) is 4.76. The van der Waals surface area contributed by atoms with E-state index in [-0.39, 0.29) is 36.2 Å². The van der Waals surface area contributed by atoms with Crippen molar-refractivity contribution in [1.29, 1.82) is 0 Å². The van der Waals surface area contributed by atoms with Gasteiger partial charge in [-0.2, -0.15) is 0 Å². The first-order valence-electron chi connectivity index (χ1n) is 7.58. The molecule has 0 aromatic carbocycles. The van der Waals surface area contributed by atoms with Gasteiger partial charge in [0.05, 0.1) is 10.1 Å². The van der Waals surface area contributed by atoms with Gasteiger partial charge < -0.3 is 9.66 Å². The summed E-state index contributed by atoms with van der Waals surface area (Å²) in [6.45, 7) is 2.14. The molecule has 1 unspecified atom stereocenters. The summed E-state index contributed by atoms with van der Waals surface area (Å²) >= 11 is 0. The first-order chi connectivity index (χ1) is 9.02. The number of rotatable bonds is 13. The second-order valence-corrected chi connectivity index (χ2v) is 6.90. The standard InChI is InChI=1S/C14H30O4S.Na/c1-2-3-4-5-6-7-8-9-11-14(12-10-13-15)19(16,17)18;/h14-15H,2-13H2,1H3,(H,16,17,18);/q;+1/p-1. The van der Waals surface area contributed by atoms with E-state index >= 15 is 0 Å². The van der Waals surface area contributed by atoms with Crippen molar-refractivity contribution in [2.24, 2.45) is 0 Å². The van der Waals surface area contributed by atoms with Crippen molar-refractivity contribution in [2.75, 3.05) is 6.61 Å². The van der Waals surface area contributed by atoms with Crippen molar-refractivity contribution in [1.82, 2.24) is 0 Å². The maximum absolute atomic E-state index is 11.0. The molecule has 1 atom stereocenters. The smallest absolute Gasteiger partial charge is 0.748 e. The summed E-state index contributed by atoms with van der Waals surface area (Å²) in [4.78, 5) is 0. The van der Waals surface area contributed by atoms with E-state index < -0.39 is 15.4 Å². The molecule has 0 bridgehead atoms. The third kappa shape index (κ3) is 13.8. The fraction of sp³-hybridized carbons (Fsp3) is 1.00. The zero-order valence-electron chi connectivity index (χ0n) is 13.1. The Labute approximate surface area is 146 Å². The van der Waals surface area contributed by atoms with Crippen LogP contribution in [0.5, 0.6) is 0 Å². The number of hydrogen-bond donors (Lipinski definition) is 1.